The number of hydrazone groups is 1. The quantitative estimate of drug-likeness (QED) is 0.583. The van der Waals surface area contributed by atoms with Gasteiger partial charge >= 0.3 is 0 Å². The topological polar surface area (TPSA) is 74.6 Å². The monoisotopic (exact) mass is 221 g/mol. The molecule has 1 amide bonds. The molecule has 0 aliphatic rings. The number of nitrogens with one attached hydrogen (secondary N) is 1. The average molecular weight is 221 g/mol. The number of aliphatic hydroxyl groups is 1. The Balaban J connectivity index is 2.54. The molecule has 5 heteroatoms. The highest BCUT2D eigenvalue weighted by Crippen LogP contribution is 2.08. The standard InChI is InChI=1S/C11H15N3O2/c1-11(2,8-15)7-13-14-10(16)9-3-5-12-6-4-9/h3-7,15H,8H2,1-2H3,(H,14,16)/b13-7+. The van der Waals surface area contributed by atoms with Gasteiger partial charge in [0, 0.05) is 29.6 Å². The summed E-state index contributed by atoms with van der Waals surface area (Å²) in [6, 6.07) is 3.20. The maximum absolute atomic E-state index is 11.5. The zero-order valence-corrected chi connectivity index (χ0v) is 9.34. The van der Waals surface area contributed by atoms with Gasteiger partial charge in [-0.05, 0) is 12.1 Å². The Morgan fingerprint density at radius 3 is 2.75 bits per heavy atom. The number of aliphatic hydroxyl groups excluding tert-OH is 1. The van der Waals surface area contributed by atoms with Crippen LogP contribution in [0.5, 0.6) is 0 Å². The number of carbonyl (C=O) groups is 1. The lowest BCUT2D eigenvalue weighted by Crippen LogP contribution is -2.23. The van der Waals surface area contributed by atoms with Crippen LogP contribution in [0.3, 0.4) is 0 Å². The van der Waals surface area contributed by atoms with E-state index < -0.39 is 5.41 Å². The van der Waals surface area contributed by atoms with Crippen molar-refractivity contribution >= 4 is 12.1 Å². The lowest BCUT2D eigenvalue weighted by molar-refractivity contribution is 0.0954. The summed E-state index contributed by atoms with van der Waals surface area (Å²) in [6.45, 7) is 3.60. The summed E-state index contributed by atoms with van der Waals surface area (Å²) in [4.78, 5) is 15.3. The van der Waals surface area contributed by atoms with Crippen LogP contribution in [0, 0.1) is 5.41 Å². The third-order valence-electron chi connectivity index (χ3n) is 1.93. The van der Waals surface area contributed by atoms with E-state index in [1.54, 1.807) is 12.1 Å². The SMILES string of the molecule is CC(C)(/C=N/NC(=O)c1ccncc1)CO. The van der Waals surface area contributed by atoms with Crippen LogP contribution in [-0.2, 0) is 0 Å². The first-order chi connectivity index (χ1) is 7.55. The van der Waals surface area contributed by atoms with Crippen LogP contribution in [0.1, 0.15) is 24.2 Å². The second kappa shape index (κ2) is 5.37. The van der Waals surface area contributed by atoms with Gasteiger partial charge in [-0.25, -0.2) is 5.43 Å². The van der Waals surface area contributed by atoms with Crippen molar-refractivity contribution < 1.29 is 9.90 Å². The number of hydrogen-bond acceptors (Lipinski definition) is 4. The molecule has 0 unspecified atom stereocenters. The van der Waals surface area contributed by atoms with Gasteiger partial charge < -0.3 is 5.11 Å². The molecule has 0 radical (unpaired) electrons. The first-order valence-electron chi connectivity index (χ1n) is 4.90. The highest BCUT2D eigenvalue weighted by molar-refractivity contribution is 5.94. The molecule has 1 rings (SSSR count). The number of rotatable bonds is 4. The van der Waals surface area contributed by atoms with Gasteiger partial charge in [0.25, 0.3) is 5.91 Å². The van der Waals surface area contributed by atoms with Gasteiger partial charge in [0.2, 0.25) is 0 Å². The van der Waals surface area contributed by atoms with Crippen molar-refractivity contribution in [2.45, 2.75) is 13.8 Å². The first kappa shape index (κ1) is 12.3. The van der Waals surface area contributed by atoms with Crippen LogP contribution in [0.4, 0.5) is 0 Å². The van der Waals surface area contributed by atoms with Gasteiger partial charge in [-0.3, -0.25) is 9.78 Å². The van der Waals surface area contributed by atoms with Crippen molar-refractivity contribution in [3.63, 3.8) is 0 Å². The van der Waals surface area contributed by atoms with Crippen molar-refractivity contribution in [2.24, 2.45) is 10.5 Å². The molecule has 0 atom stereocenters. The van der Waals surface area contributed by atoms with Crippen LogP contribution in [0.2, 0.25) is 0 Å². The highest BCUT2D eigenvalue weighted by atomic mass is 16.3. The summed E-state index contributed by atoms with van der Waals surface area (Å²) in [5.41, 5.74) is 2.44. The Bertz CT molecular complexity index is 374. The molecule has 0 fully saturated rings. The first-order valence-corrected chi connectivity index (χ1v) is 4.90. The molecule has 0 aromatic carbocycles. The van der Waals surface area contributed by atoms with Gasteiger partial charge in [0.05, 0.1) is 6.61 Å². The van der Waals surface area contributed by atoms with E-state index in [0.717, 1.165) is 0 Å². The summed E-state index contributed by atoms with van der Waals surface area (Å²) in [6.07, 6.45) is 4.58. The van der Waals surface area contributed by atoms with Crippen molar-refractivity contribution in [3.05, 3.63) is 30.1 Å². The van der Waals surface area contributed by atoms with Gasteiger partial charge in [-0.2, -0.15) is 5.10 Å². The zero-order valence-electron chi connectivity index (χ0n) is 9.34. The predicted octanol–water partition coefficient (Wildman–Crippen LogP) is 0.816. The summed E-state index contributed by atoms with van der Waals surface area (Å²) in [5, 5.41) is 12.7. The zero-order chi connectivity index (χ0) is 12.0. The Morgan fingerprint density at radius 1 is 1.56 bits per heavy atom. The van der Waals surface area contributed by atoms with E-state index in [1.807, 2.05) is 13.8 Å². The number of aromatic nitrogens is 1. The molecule has 86 valence electrons. The third-order valence-corrected chi connectivity index (χ3v) is 1.93. The van der Waals surface area contributed by atoms with Crippen molar-refractivity contribution in [2.75, 3.05) is 6.61 Å². The molecule has 1 aromatic rings. The van der Waals surface area contributed by atoms with Gasteiger partial charge in [0.1, 0.15) is 0 Å². The number of pyridine rings is 1. The molecule has 0 saturated carbocycles. The molecule has 1 aromatic heterocycles. The van der Waals surface area contributed by atoms with Crippen LogP contribution in [0.25, 0.3) is 0 Å². The fraction of sp³-hybridized carbons (Fsp3) is 0.364. The number of nitrogens with zero attached hydrogens (tertiary/aromatic N) is 2. The molecule has 0 aliphatic heterocycles. The number of hydrogen-bond donors (Lipinski definition) is 2. The molecule has 0 saturated heterocycles. The second-order valence-corrected chi connectivity index (χ2v) is 4.08. The molecule has 5 nitrogen and oxygen atoms in total. The van der Waals surface area contributed by atoms with Gasteiger partial charge in [-0.1, -0.05) is 13.8 Å². The fourth-order valence-corrected chi connectivity index (χ4v) is 0.874. The number of amides is 1. The molecule has 0 aliphatic carbocycles. The highest BCUT2D eigenvalue weighted by Gasteiger charge is 2.12. The minimum atomic E-state index is -0.439. The van der Waals surface area contributed by atoms with Crippen molar-refractivity contribution in [3.8, 4) is 0 Å². The van der Waals surface area contributed by atoms with E-state index in [4.69, 9.17) is 5.11 Å². The molecule has 0 bridgehead atoms. The summed E-state index contributed by atoms with van der Waals surface area (Å²) < 4.78 is 0. The fourth-order valence-electron chi connectivity index (χ4n) is 0.874. The Labute approximate surface area is 94.2 Å². The Morgan fingerprint density at radius 2 is 2.19 bits per heavy atom. The lowest BCUT2D eigenvalue weighted by Gasteiger charge is -2.14. The van der Waals surface area contributed by atoms with Crippen LogP contribution in [0.15, 0.2) is 29.6 Å². The molecular weight excluding hydrogens is 206 g/mol. The minimum Gasteiger partial charge on any atom is -0.395 e. The number of carbonyl (C=O) groups excluding carboxylic acids is 1. The van der Waals surface area contributed by atoms with E-state index >= 15 is 0 Å². The van der Waals surface area contributed by atoms with Gasteiger partial charge in [-0.15, -0.1) is 0 Å². The maximum atomic E-state index is 11.5. The molecule has 16 heavy (non-hydrogen) atoms. The molecule has 2 N–H and O–H groups in total. The normalized spacial score (nSPS) is 11.7. The molecule has 1 heterocycles. The van der Waals surface area contributed by atoms with Crippen LogP contribution < -0.4 is 5.43 Å². The maximum Gasteiger partial charge on any atom is 0.271 e. The molecular formula is C11H15N3O2. The van der Waals surface area contributed by atoms with Crippen LogP contribution in [-0.4, -0.2) is 28.8 Å². The Kier molecular flexibility index (Phi) is 4.13. The smallest absolute Gasteiger partial charge is 0.271 e. The molecule has 0 spiro atoms. The minimum absolute atomic E-state index is 0.0262. The summed E-state index contributed by atoms with van der Waals surface area (Å²) in [7, 11) is 0. The largest absolute Gasteiger partial charge is 0.395 e. The van der Waals surface area contributed by atoms with E-state index in [-0.39, 0.29) is 12.5 Å². The summed E-state index contributed by atoms with van der Waals surface area (Å²) in [5.74, 6) is -0.299. The summed E-state index contributed by atoms with van der Waals surface area (Å²) >= 11 is 0. The van der Waals surface area contributed by atoms with E-state index in [2.05, 4.69) is 15.5 Å². The average Bonchev–Trinajstić information content (AvgIpc) is 2.30. The lowest BCUT2D eigenvalue weighted by atomic mass is 9.97. The predicted molar refractivity (Wildman–Crippen MR) is 61.1 cm³/mol. The van der Waals surface area contributed by atoms with E-state index in [9.17, 15) is 4.79 Å². The van der Waals surface area contributed by atoms with Gasteiger partial charge in [0.15, 0.2) is 0 Å². The van der Waals surface area contributed by atoms with Crippen LogP contribution >= 0.6 is 0 Å². The Hall–Kier alpha value is -1.75. The van der Waals surface area contributed by atoms with Crippen molar-refractivity contribution in [1.82, 2.24) is 10.4 Å². The third kappa shape index (κ3) is 3.78. The second-order valence-electron chi connectivity index (χ2n) is 4.08. The van der Waals surface area contributed by atoms with E-state index in [1.165, 1.54) is 18.6 Å². The van der Waals surface area contributed by atoms with Crippen molar-refractivity contribution in [1.29, 1.82) is 0 Å². The van der Waals surface area contributed by atoms with E-state index in [0.29, 0.717) is 5.56 Å².